The van der Waals surface area contributed by atoms with E-state index in [1.54, 1.807) is 20.2 Å². The Morgan fingerprint density at radius 2 is 2.22 bits per heavy atom. The molecule has 0 aliphatic carbocycles. The van der Waals surface area contributed by atoms with E-state index in [1.807, 2.05) is 4.90 Å². The van der Waals surface area contributed by atoms with Crippen LogP contribution in [0, 0.1) is 10.1 Å². The van der Waals surface area contributed by atoms with Crippen molar-refractivity contribution in [2.24, 2.45) is 0 Å². The summed E-state index contributed by atoms with van der Waals surface area (Å²) in [6.45, 7) is 0.511. The summed E-state index contributed by atoms with van der Waals surface area (Å²) in [5.41, 5.74) is 6.34. The van der Waals surface area contributed by atoms with Crippen molar-refractivity contribution in [3.05, 3.63) is 28.3 Å². The third kappa shape index (κ3) is 3.34. The van der Waals surface area contributed by atoms with Gasteiger partial charge < -0.3 is 16.0 Å². The zero-order valence-electron chi connectivity index (χ0n) is 10.3. The Hall–Kier alpha value is -2.31. The molecule has 3 N–H and O–H groups in total. The fourth-order valence-electron chi connectivity index (χ4n) is 1.47. The number of nitrogens with zero attached hydrogens (tertiary/aromatic N) is 2. The smallest absolute Gasteiger partial charge is 0.292 e. The van der Waals surface area contributed by atoms with Crippen LogP contribution in [-0.4, -0.2) is 31.5 Å². The number of amides is 1. The first-order chi connectivity index (χ1) is 8.45. The van der Waals surface area contributed by atoms with E-state index in [-0.39, 0.29) is 17.3 Å². The van der Waals surface area contributed by atoms with Crippen molar-refractivity contribution in [1.82, 2.24) is 5.32 Å². The van der Waals surface area contributed by atoms with Crippen LogP contribution in [0.1, 0.15) is 6.42 Å². The molecule has 18 heavy (non-hydrogen) atoms. The van der Waals surface area contributed by atoms with Crippen LogP contribution < -0.4 is 16.0 Å². The lowest BCUT2D eigenvalue weighted by Crippen LogP contribution is -2.26. The first-order valence-corrected chi connectivity index (χ1v) is 5.41. The first kappa shape index (κ1) is 13.8. The van der Waals surface area contributed by atoms with Crippen molar-refractivity contribution in [2.75, 3.05) is 31.3 Å². The summed E-state index contributed by atoms with van der Waals surface area (Å²) in [6.07, 6.45) is 0.351. The molecular weight excluding hydrogens is 236 g/mol. The van der Waals surface area contributed by atoms with Gasteiger partial charge in [-0.1, -0.05) is 0 Å². The Morgan fingerprint density at radius 3 is 2.72 bits per heavy atom. The second kappa shape index (κ2) is 5.85. The Morgan fingerprint density at radius 1 is 1.56 bits per heavy atom. The summed E-state index contributed by atoms with van der Waals surface area (Å²) < 4.78 is 0. The normalized spacial score (nSPS) is 9.89. The number of nitrogen functional groups attached to an aromatic ring is 1. The summed E-state index contributed by atoms with van der Waals surface area (Å²) in [7, 11) is 3.37. The fourth-order valence-corrected chi connectivity index (χ4v) is 1.47. The third-order valence-corrected chi connectivity index (χ3v) is 2.60. The number of nitro groups is 1. The lowest BCUT2D eigenvalue weighted by atomic mass is 10.2. The third-order valence-electron chi connectivity index (χ3n) is 2.60. The molecular formula is C11H16N4O3. The number of carbonyl (C=O) groups is 1. The summed E-state index contributed by atoms with van der Waals surface area (Å²) in [5.74, 6) is -0.0586. The molecule has 0 aliphatic heterocycles. The van der Waals surface area contributed by atoms with Gasteiger partial charge in [-0.15, -0.1) is 0 Å². The topological polar surface area (TPSA) is 102 Å². The van der Waals surface area contributed by atoms with Gasteiger partial charge in [0.25, 0.3) is 5.69 Å². The molecule has 1 aromatic rings. The maximum Gasteiger partial charge on any atom is 0.292 e. The zero-order chi connectivity index (χ0) is 13.7. The van der Waals surface area contributed by atoms with Gasteiger partial charge >= 0.3 is 0 Å². The van der Waals surface area contributed by atoms with Gasteiger partial charge in [-0.05, 0) is 12.1 Å². The van der Waals surface area contributed by atoms with Gasteiger partial charge in [0.15, 0.2) is 0 Å². The minimum Gasteiger partial charge on any atom is -0.393 e. The number of anilines is 2. The average molecular weight is 252 g/mol. The standard InChI is InChI=1S/C11H16N4O3/c1-13-11(16)5-6-14(2)8-3-4-10(15(17)18)9(12)7-8/h3-4,7H,5-6,12H2,1-2H3,(H,13,16). The molecule has 98 valence electrons. The molecule has 7 nitrogen and oxygen atoms in total. The van der Waals surface area contributed by atoms with E-state index in [1.165, 1.54) is 12.1 Å². The number of nitrogens with two attached hydrogens (primary N) is 1. The first-order valence-electron chi connectivity index (χ1n) is 5.41. The van der Waals surface area contributed by atoms with Gasteiger partial charge in [-0.3, -0.25) is 14.9 Å². The highest BCUT2D eigenvalue weighted by Gasteiger charge is 2.13. The minimum absolute atomic E-state index is 0.0586. The SMILES string of the molecule is CNC(=O)CCN(C)c1ccc([N+](=O)[O-])c(N)c1. The number of nitro benzene ring substituents is 1. The van der Waals surface area contributed by atoms with E-state index in [4.69, 9.17) is 5.73 Å². The number of hydrogen-bond donors (Lipinski definition) is 2. The average Bonchev–Trinajstić information content (AvgIpc) is 2.34. The van der Waals surface area contributed by atoms with Crippen LogP contribution in [0.4, 0.5) is 17.1 Å². The summed E-state index contributed by atoms with van der Waals surface area (Å²) in [4.78, 5) is 23.0. The van der Waals surface area contributed by atoms with Crippen molar-refractivity contribution < 1.29 is 9.72 Å². The number of carbonyl (C=O) groups excluding carboxylic acids is 1. The van der Waals surface area contributed by atoms with E-state index in [2.05, 4.69) is 5.32 Å². The van der Waals surface area contributed by atoms with Crippen LogP contribution in [0.25, 0.3) is 0 Å². The van der Waals surface area contributed by atoms with Crippen LogP contribution in [-0.2, 0) is 4.79 Å². The van der Waals surface area contributed by atoms with Crippen molar-refractivity contribution in [1.29, 1.82) is 0 Å². The molecule has 1 aromatic carbocycles. The minimum atomic E-state index is -0.524. The van der Waals surface area contributed by atoms with Crippen molar-refractivity contribution in [2.45, 2.75) is 6.42 Å². The van der Waals surface area contributed by atoms with Crippen LogP contribution >= 0.6 is 0 Å². The lowest BCUT2D eigenvalue weighted by Gasteiger charge is -2.19. The van der Waals surface area contributed by atoms with E-state index in [0.717, 1.165) is 5.69 Å². The maximum absolute atomic E-state index is 11.1. The summed E-state index contributed by atoms with van der Waals surface area (Å²) in [6, 6.07) is 4.50. The Labute approximate surface area is 105 Å². The Balaban J connectivity index is 2.75. The van der Waals surface area contributed by atoms with Gasteiger partial charge in [0.1, 0.15) is 5.69 Å². The molecule has 0 bridgehead atoms. The van der Waals surface area contributed by atoms with Gasteiger partial charge in [0, 0.05) is 38.8 Å². The molecule has 1 rings (SSSR count). The molecule has 0 radical (unpaired) electrons. The highest BCUT2D eigenvalue weighted by Crippen LogP contribution is 2.26. The number of nitrogens with one attached hydrogen (secondary N) is 1. The highest BCUT2D eigenvalue weighted by atomic mass is 16.6. The molecule has 7 heteroatoms. The summed E-state index contributed by atoms with van der Waals surface area (Å²) >= 11 is 0. The van der Waals surface area contributed by atoms with E-state index < -0.39 is 4.92 Å². The Bertz CT molecular complexity index is 462. The highest BCUT2D eigenvalue weighted by molar-refractivity contribution is 5.76. The monoisotopic (exact) mass is 252 g/mol. The van der Waals surface area contributed by atoms with E-state index in [0.29, 0.717) is 13.0 Å². The molecule has 1 amide bonds. The van der Waals surface area contributed by atoms with Crippen molar-refractivity contribution >= 4 is 23.0 Å². The largest absolute Gasteiger partial charge is 0.393 e. The molecule has 0 aliphatic rings. The van der Waals surface area contributed by atoms with Crippen LogP contribution in [0.15, 0.2) is 18.2 Å². The molecule has 0 aromatic heterocycles. The van der Waals surface area contributed by atoms with Gasteiger partial charge in [-0.25, -0.2) is 0 Å². The quantitative estimate of drug-likeness (QED) is 0.457. The molecule has 0 fully saturated rings. The second-order valence-electron chi connectivity index (χ2n) is 3.84. The summed E-state index contributed by atoms with van der Waals surface area (Å²) in [5, 5.41) is 13.1. The van der Waals surface area contributed by atoms with Crippen LogP contribution in [0.3, 0.4) is 0 Å². The van der Waals surface area contributed by atoms with Gasteiger partial charge in [0.2, 0.25) is 5.91 Å². The zero-order valence-corrected chi connectivity index (χ0v) is 10.3. The van der Waals surface area contributed by atoms with Gasteiger partial charge in [0.05, 0.1) is 4.92 Å². The van der Waals surface area contributed by atoms with Crippen molar-refractivity contribution in [3.8, 4) is 0 Å². The number of benzene rings is 1. The molecule has 0 atom stereocenters. The molecule has 0 saturated carbocycles. The van der Waals surface area contributed by atoms with Crippen molar-refractivity contribution in [3.63, 3.8) is 0 Å². The predicted molar refractivity (Wildman–Crippen MR) is 69.5 cm³/mol. The second-order valence-corrected chi connectivity index (χ2v) is 3.84. The number of hydrogen-bond acceptors (Lipinski definition) is 5. The molecule has 0 unspecified atom stereocenters. The van der Waals surface area contributed by atoms with Crippen LogP contribution in [0.5, 0.6) is 0 Å². The van der Waals surface area contributed by atoms with E-state index in [9.17, 15) is 14.9 Å². The fraction of sp³-hybridized carbons (Fsp3) is 0.364. The molecule has 0 heterocycles. The van der Waals surface area contributed by atoms with Gasteiger partial charge in [-0.2, -0.15) is 0 Å². The van der Waals surface area contributed by atoms with Crippen LogP contribution in [0.2, 0.25) is 0 Å². The maximum atomic E-state index is 11.1. The molecule has 0 saturated heterocycles. The predicted octanol–water partition coefficient (Wildman–Crippen LogP) is 0.749. The lowest BCUT2D eigenvalue weighted by molar-refractivity contribution is -0.383. The van der Waals surface area contributed by atoms with E-state index >= 15 is 0 Å². The molecule has 0 spiro atoms. The number of rotatable bonds is 5. The Kier molecular flexibility index (Phi) is 4.47.